The van der Waals surface area contributed by atoms with Gasteiger partial charge in [0, 0.05) is 14.1 Å². The zero-order chi connectivity index (χ0) is 20.8. The van der Waals surface area contributed by atoms with Crippen molar-refractivity contribution in [3.63, 3.8) is 0 Å². The molecule has 0 N–H and O–H groups in total. The summed E-state index contributed by atoms with van der Waals surface area (Å²) in [5, 5.41) is 9.29. The third-order valence-electron chi connectivity index (χ3n) is 4.35. The fourth-order valence-electron chi connectivity index (χ4n) is 2.89. The lowest BCUT2D eigenvalue weighted by Crippen LogP contribution is -2.22. The van der Waals surface area contributed by atoms with E-state index in [2.05, 4.69) is 6.58 Å². The molecule has 0 saturated carbocycles. The minimum Gasteiger partial charge on any atom is -0.489 e. The van der Waals surface area contributed by atoms with Gasteiger partial charge in [-0.2, -0.15) is 5.26 Å². The fourth-order valence-corrected chi connectivity index (χ4v) is 2.89. The van der Waals surface area contributed by atoms with Gasteiger partial charge in [0.05, 0.1) is 0 Å². The van der Waals surface area contributed by atoms with Crippen LogP contribution >= 0.6 is 0 Å². The van der Waals surface area contributed by atoms with Gasteiger partial charge in [-0.25, -0.2) is 0 Å². The monoisotopic (exact) mass is 390 g/mol. The standard InChI is InChI=1S/C23H22N2O4/c1-4-5-18-10-16(11-19(13-24)23(26)25(2)3)6-8-20(18)27-14-17-7-9-21-22(12-17)29-15-28-21/h4,6-12H,1,5,14-15H2,2-3H3/b19-11-. The molecule has 1 aliphatic heterocycles. The number of nitriles is 1. The van der Waals surface area contributed by atoms with Crippen molar-refractivity contribution in [2.24, 2.45) is 0 Å². The Kier molecular flexibility index (Phi) is 6.20. The highest BCUT2D eigenvalue weighted by molar-refractivity contribution is 6.01. The van der Waals surface area contributed by atoms with Crippen molar-refractivity contribution in [1.82, 2.24) is 4.90 Å². The molecule has 1 heterocycles. The van der Waals surface area contributed by atoms with Crippen LogP contribution in [0.2, 0.25) is 0 Å². The predicted molar refractivity (Wildman–Crippen MR) is 110 cm³/mol. The highest BCUT2D eigenvalue weighted by Gasteiger charge is 2.14. The molecule has 0 saturated heterocycles. The number of allylic oxidation sites excluding steroid dienone is 1. The average Bonchev–Trinajstić information content (AvgIpc) is 3.19. The number of fused-ring (bicyclic) bond motifs is 1. The Morgan fingerprint density at radius 2 is 2.03 bits per heavy atom. The highest BCUT2D eigenvalue weighted by atomic mass is 16.7. The minimum absolute atomic E-state index is 0.0774. The van der Waals surface area contributed by atoms with Gasteiger partial charge in [0.25, 0.3) is 5.91 Å². The van der Waals surface area contributed by atoms with E-state index in [0.29, 0.717) is 18.8 Å². The van der Waals surface area contributed by atoms with Gasteiger partial charge in [0.1, 0.15) is 24.0 Å². The maximum Gasteiger partial charge on any atom is 0.264 e. The third kappa shape index (κ3) is 4.77. The van der Waals surface area contributed by atoms with Gasteiger partial charge in [-0.15, -0.1) is 6.58 Å². The summed E-state index contributed by atoms with van der Waals surface area (Å²) in [6.45, 7) is 4.41. The molecule has 6 heteroatoms. The molecule has 0 radical (unpaired) electrons. The molecule has 0 bridgehead atoms. The van der Waals surface area contributed by atoms with E-state index in [1.54, 1.807) is 26.2 Å². The van der Waals surface area contributed by atoms with E-state index in [4.69, 9.17) is 14.2 Å². The Bertz CT molecular complexity index is 1000. The average molecular weight is 390 g/mol. The topological polar surface area (TPSA) is 71.8 Å². The van der Waals surface area contributed by atoms with Gasteiger partial charge < -0.3 is 19.1 Å². The van der Waals surface area contributed by atoms with Crippen molar-refractivity contribution in [2.45, 2.75) is 13.0 Å². The normalized spacial score (nSPS) is 12.2. The summed E-state index contributed by atoms with van der Waals surface area (Å²) in [5.41, 5.74) is 2.72. The van der Waals surface area contributed by atoms with Crippen molar-refractivity contribution in [2.75, 3.05) is 20.9 Å². The van der Waals surface area contributed by atoms with E-state index >= 15 is 0 Å². The van der Waals surface area contributed by atoms with Crippen LogP contribution in [0, 0.1) is 11.3 Å². The van der Waals surface area contributed by atoms with Gasteiger partial charge in [-0.3, -0.25) is 4.79 Å². The first-order chi connectivity index (χ1) is 14.0. The summed E-state index contributed by atoms with van der Waals surface area (Å²) in [6, 6.07) is 13.2. The quantitative estimate of drug-likeness (QED) is 0.409. The van der Waals surface area contributed by atoms with Crippen molar-refractivity contribution in [1.29, 1.82) is 5.26 Å². The molecule has 3 rings (SSSR count). The number of benzene rings is 2. The number of ether oxygens (including phenoxy) is 3. The number of nitrogens with zero attached hydrogens (tertiary/aromatic N) is 2. The number of hydrogen-bond acceptors (Lipinski definition) is 5. The van der Waals surface area contributed by atoms with Crippen LogP contribution in [0.3, 0.4) is 0 Å². The van der Waals surface area contributed by atoms with Gasteiger partial charge in [-0.05, 0) is 53.5 Å². The molecule has 0 unspecified atom stereocenters. The summed E-state index contributed by atoms with van der Waals surface area (Å²) in [6.07, 6.45) is 3.96. The Labute approximate surface area is 170 Å². The molecule has 0 spiro atoms. The summed E-state index contributed by atoms with van der Waals surface area (Å²) in [7, 11) is 3.23. The second-order valence-corrected chi connectivity index (χ2v) is 6.71. The number of rotatable bonds is 7. The first kappa shape index (κ1) is 20.0. The highest BCUT2D eigenvalue weighted by Crippen LogP contribution is 2.33. The van der Waals surface area contributed by atoms with Gasteiger partial charge in [0.2, 0.25) is 6.79 Å². The molecule has 0 fully saturated rings. The Morgan fingerprint density at radius 1 is 1.24 bits per heavy atom. The van der Waals surface area contributed by atoms with E-state index < -0.39 is 0 Å². The Morgan fingerprint density at radius 3 is 2.76 bits per heavy atom. The lowest BCUT2D eigenvalue weighted by atomic mass is 10.0. The lowest BCUT2D eigenvalue weighted by molar-refractivity contribution is -0.124. The molecule has 29 heavy (non-hydrogen) atoms. The fraction of sp³-hybridized carbons (Fsp3) is 0.217. The third-order valence-corrected chi connectivity index (χ3v) is 4.35. The van der Waals surface area contributed by atoms with Crippen molar-refractivity contribution in [3.8, 4) is 23.3 Å². The number of hydrogen-bond donors (Lipinski definition) is 0. The molecule has 0 aliphatic carbocycles. The van der Waals surface area contributed by atoms with Gasteiger partial charge in [-0.1, -0.05) is 18.2 Å². The summed E-state index contributed by atoms with van der Waals surface area (Å²) >= 11 is 0. The van der Waals surface area contributed by atoms with Gasteiger partial charge >= 0.3 is 0 Å². The molecule has 6 nitrogen and oxygen atoms in total. The number of amides is 1. The van der Waals surface area contributed by atoms with Crippen molar-refractivity contribution >= 4 is 12.0 Å². The van der Waals surface area contributed by atoms with Crippen molar-refractivity contribution < 1.29 is 19.0 Å². The predicted octanol–water partition coefficient (Wildman–Crippen LogP) is 3.72. The van der Waals surface area contributed by atoms with E-state index in [9.17, 15) is 10.1 Å². The lowest BCUT2D eigenvalue weighted by Gasteiger charge is -2.13. The second-order valence-electron chi connectivity index (χ2n) is 6.71. The number of likely N-dealkylation sites (N-methyl/N-ethyl adjacent to an activating group) is 1. The molecule has 0 atom stereocenters. The van der Waals surface area contributed by atoms with Crippen LogP contribution in [0.25, 0.3) is 6.08 Å². The summed E-state index contributed by atoms with van der Waals surface area (Å²) < 4.78 is 16.7. The molecule has 1 aliphatic rings. The summed E-state index contributed by atoms with van der Waals surface area (Å²) in [4.78, 5) is 13.4. The van der Waals surface area contributed by atoms with E-state index in [1.165, 1.54) is 4.90 Å². The molecule has 2 aromatic carbocycles. The number of carbonyl (C=O) groups excluding carboxylic acids is 1. The number of carbonyl (C=O) groups is 1. The van der Waals surface area contributed by atoms with Crippen LogP contribution in [0.5, 0.6) is 17.2 Å². The first-order valence-electron chi connectivity index (χ1n) is 9.10. The first-order valence-corrected chi connectivity index (χ1v) is 9.10. The van der Waals surface area contributed by atoms with Crippen LogP contribution < -0.4 is 14.2 Å². The van der Waals surface area contributed by atoms with Crippen LogP contribution in [0.1, 0.15) is 16.7 Å². The molecular weight excluding hydrogens is 368 g/mol. The zero-order valence-corrected chi connectivity index (χ0v) is 16.5. The molecular formula is C23H22N2O4. The van der Waals surface area contributed by atoms with Crippen LogP contribution in [0.15, 0.2) is 54.6 Å². The Balaban J connectivity index is 1.80. The van der Waals surface area contributed by atoms with Crippen LogP contribution in [-0.4, -0.2) is 31.7 Å². The van der Waals surface area contributed by atoms with Gasteiger partial charge in [0.15, 0.2) is 11.5 Å². The SMILES string of the molecule is C=CCc1cc(/C=C(/C#N)C(=O)N(C)C)ccc1OCc1ccc2c(c1)OCO2. The van der Waals surface area contributed by atoms with E-state index in [-0.39, 0.29) is 18.3 Å². The van der Waals surface area contributed by atoms with Crippen molar-refractivity contribution in [3.05, 3.63) is 71.3 Å². The molecule has 148 valence electrons. The second kappa shape index (κ2) is 8.98. The molecule has 1 amide bonds. The molecule has 0 aromatic heterocycles. The van der Waals surface area contributed by atoms with E-state index in [0.717, 1.165) is 28.2 Å². The maximum absolute atomic E-state index is 12.1. The zero-order valence-electron chi connectivity index (χ0n) is 16.5. The van der Waals surface area contributed by atoms with E-state index in [1.807, 2.05) is 42.5 Å². The molecule has 2 aromatic rings. The Hall–Kier alpha value is -3.72. The minimum atomic E-state index is -0.332. The smallest absolute Gasteiger partial charge is 0.264 e. The maximum atomic E-state index is 12.1. The van der Waals surface area contributed by atoms with Crippen LogP contribution in [-0.2, 0) is 17.8 Å². The largest absolute Gasteiger partial charge is 0.489 e. The summed E-state index contributed by atoms with van der Waals surface area (Å²) in [5.74, 6) is 1.84. The van der Waals surface area contributed by atoms with Crippen LogP contribution in [0.4, 0.5) is 0 Å².